The molecule has 0 saturated heterocycles. The van der Waals surface area contributed by atoms with E-state index < -0.39 is 0 Å². The third-order valence-corrected chi connectivity index (χ3v) is 4.53. The second kappa shape index (κ2) is 8.92. The molecule has 2 N–H and O–H groups in total. The maximum atomic E-state index is 6.04. The molecule has 1 unspecified atom stereocenters. The largest absolute Gasteiger partial charge is 0.486 e. The highest BCUT2D eigenvalue weighted by Gasteiger charge is 2.24. The van der Waals surface area contributed by atoms with Crippen LogP contribution in [0.25, 0.3) is 0 Å². The van der Waals surface area contributed by atoms with E-state index in [1.165, 1.54) is 50.6 Å². The number of fused-ring (bicyclic) bond motifs is 1. The van der Waals surface area contributed by atoms with Crippen LogP contribution in [0.5, 0.6) is 5.75 Å². The van der Waals surface area contributed by atoms with E-state index in [9.17, 15) is 0 Å². The lowest BCUT2D eigenvalue weighted by molar-refractivity contribution is 0.189. The van der Waals surface area contributed by atoms with Crippen molar-refractivity contribution in [2.75, 3.05) is 23.7 Å². The highest BCUT2D eigenvalue weighted by Crippen LogP contribution is 2.35. The van der Waals surface area contributed by atoms with Crippen LogP contribution in [0.4, 0.5) is 11.4 Å². The maximum absolute atomic E-state index is 6.04. The molecule has 1 heterocycles. The van der Waals surface area contributed by atoms with Crippen molar-refractivity contribution in [2.45, 2.75) is 71.3 Å². The van der Waals surface area contributed by atoms with Gasteiger partial charge in [0.1, 0.15) is 11.9 Å². The first-order valence-corrected chi connectivity index (χ1v) is 9.05. The summed E-state index contributed by atoms with van der Waals surface area (Å²) in [4.78, 5) is 2.48. The summed E-state index contributed by atoms with van der Waals surface area (Å²) in [5.41, 5.74) is 7.89. The van der Waals surface area contributed by atoms with E-state index in [1.807, 2.05) is 12.1 Å². The molecule has 2 rings (SSSR count). The number of unbranched alkanes of at least 4 members (excludes halogenated alkanes) is 6. The molecule has 0 bridgehead atoms. The standard InChI is InChI=1S/C19H32N2O/c1-3-5-6-7-8-9-10-13-21-15-17(4-2)22-19-14-16(20)11-12-18(19)21/h11-12,14,17H,3-10,13,15,20H2,1-2H3. The fraction of sp³-hybridized carbons (Fsp3) is 0.684. The minimum atomic E-state index is 0.291. The van der Waals surface area contributed by atoms with Gasteiger partial charge in [-0.05, 0) is 25.0 Å². The molecule has 0 amide bonds. The van der Waals surface area contributed by atoms with Crippen molar-refractivity contribution in [3.05, 3.63) is 18.2 Å². The lowest BCUT2D eigenvalue weighted by Crippen LogP contribution is -2.40. The van der Waals surface area contributed by atoms with Crippen LogP contribution in [-0.2, 0) is 0 Å². The van der Waals surface area contributed by atoms with Crippen molar-refractivity contribution < 1.29 is 4.74 Å². The third kappa shape index (κ3) is 4.82. The predicted molar refractivity (Wildman–Crippen MR) is 95.8 cm³/mol. The van der Waals surface area contributed by atoms with Crippen LogP contribution in [0.2, 0.25) is 0 Å². The van der Waals surface area contributed by atoms with Gasteiger partial charge in [0.25, 0.3) is 0 Å². The number of hydrogen-bond donors (Lipinski definition) is 1. The van der Waals surface area contributed by atoms with Gasteiger partial charge in [0.15, 0.2) is 0 Å². The molecule has 1 aliphatic rings. The predicted octanol–water partition coefficient (Wildman–Crippen LogP) is 5.00. The van der Waals surface area contributed by atoms with Crippen LogP contribution < -0.4 is 15.4 Å². The van der Waals surface area contributed by atoms with E-state index in [4.69, 9.17) is 10.5 Å². The highest BCUT2D eigenvalue weighted by molar-refractivity contribution is 5.65. The number of nitrogens with two attached hydrogens (primary N) is 1. The Hall–Kier alpha value is -1.38. The monoisotopic (exact) mass is 304 g/mol. The van der Waals surface area contributed by atoms with Gasteiger partial charge in [0, 0.05) is 18.3 Å². The van der Waals surface area contributed by atoms with Crippen LogP contribution >= 0.6 is 0 Å². The lowest BCUT2D eigenvalue weighted by Gasteiger charge is -2.36. The molecule has 1 atom stereocenters. The summed E-state index contributed by atoms with van der Waals surface area (Å²) < 4.78 is 6.04. The van der Waals surface area contributed by atoms with Gasteiger partial charge < -0.3 is 15.4 Å². The summed E-state index contributed by atoms with van der Waals surface area (Å²) in [6.45, 7) is 6.59. The molecule has 3 heteroatoms. The van der Waals surface area contributed by atoms with E-state index in [0.717, 1.165) is 30.9 Å². The summed E-state index contributed by atoms with van der Waals surface area (Å²) in [6, 6.07) is 6.05. The van der Waals surface area contributed by atoms with E-state index >= 15 is 0 Å². The van der Waals surface area contributed by atoms with Gasteiger partial charge in [0.05, 0.1) is 12.2 Å². The smallest absolute Gasteiger partial charge is 0.145 e. The van der Waals surface area contributed by atoms with Crippen LogP contribution in [0.15, 0.2) is 18.2 Å². The van der Waals surface area contributed by atoms with Crippen LogP contribution in [0.3, 0.4) is 0 Å². The number of benzene rings is 1. The Morgan fingerprint density at radius 2 is 1.82 bits per heavy atom. The first-order valence-electron chi connectivity index (χ1n) is 9.05. The van der Waals surface area contributed by atoms with Gasteiger partial charge >= 0.3 is 0 Å². The Labute approximate surface area is 135 Å². The average molecular weight is 304 g/mol. The molecular formula is C19H32N2O. The maximum Gasteiger partial charge on any atom is 0.145 e. The van der Waals surface area contributed by atoms with Gasteiger partial charge in [-0.15, -0.1) is 0 Å². The molecule has 124 valence electrons. The van der Waals surface area contributed by atoms with Crippen molar-refractivity contribution in [3.8, 4) is 5.75 Å². The Kier molecular flexibility index (Phi) is 6.88. The Bertz CT molecular complexity index is 447. The van der Waals surface area contributed by atoms with E-state index in [-0.39, 0.29) is 0 Å². The number of anilines is 2. The zero-order valence-corrected chi connectivity index (χ0v) is 14.3. The molecule has 1 aliphatic heterocycles. The van der Waals surface area contributed by atoms with Crippen molar-refractivity contribution in [2.24, 2.45) is 0 Å². The van der Waals surface area contributed by atoms with Gasteiger partial charge in [-0.3, -0.25) is 0 Å². The van der Waals surface area contributed by atoms with Crippen molar-refractivity contribution >= 4 is 11.4 Å². The van der Waals surface area contributed by atoms with Crippen LogP contribution in [0.1, 0.15) is 65.2 Å². The van der Waals surface area contributed by atoms with E-state index in [2.05, 4.69) is 24.8 Å². The average Bonchev–Trinajstić information content (AvgIpc) is 2.53. The number of nitrogen functional groups attached to an aromatic ring is 1. The molecule has 22 heavy (non-hydrogen) atoms. The Morgan fingerprint density at radius 1 is 1.09 bits per heavy atom. The number of nitrogens with zero attached hydrogens (tertiary/aromatic N) is 1. The van der Waals surface area contributed by atoms with Gasteiger partial charge in [0.2, 0.25) is 0 Å². The summed E-state index contributed by atoms with van der Waals surface area (Å²) >= 11 is 0. The fourth-order valence-electron chi connectivity index (χ4n) is 3.13. The molecule has 3 nitrogen and oxygen atoms in total. The van der Waals surface area contributed by atoms with Crippen molar-refractivity contribution in [1.82, 2.24) is 0 Å². The second-order valence-electron chi connectivity index (χ2n) is 6.44. The fourth-order valence-corrected chi connectivity index (χ4v) is 3.13. The highest BCUT2D eigenvalue weighted by atomic mass is 16.5. The zero-order chi connectivity index (χ0) is 15.8. The second-order valence-corrected chi connectivity index (χ2v) is 6.44. The quantitative estimate of drug-likeness (QED) is 0.515. The first-order chi connectivity index (χ1) is 10.7. The normalized spacial score (nSPS) is 17.2. The lowest BCUT2D eigenvalue weighted by atomic mass is 10.1. The summed E-state index contributed by atoms with van der Waals surface area (Å²) in [5.74, 6) is 0.959. The summed E-state index contributed by atoms with van der Waals surface area (Å²) in [7, 11) is 0. The molecule has 0 spiro atoms. The number of rotatable bonds is 9. The number of hydrogen-bond acceptors (Lipinski definition) is 3. The van der Waals surface area contributed by atoms with E-state index in [0.29, 0.717) is 6.10 Å². The molecule has 0 fully saturated rings. The molecule has 0 saturated carbocycles. The summed E-state index contributed by atoms with van der Waals surface area (Å²) in [5, 5.41) is 0. The molecule has 0 radical (unpaired) electrons. The van der Waals surface area contributed by atoms with E-state index in [1.54, 1.807) is 0 Å². The molecule has 1 aromatic rings. The van der Waals surface area contributed by atoms with Crippen molar-refractivity contribution in [3.63, 3.8) is 0 Å². The Morgan fingerprint density at radius 3 is 2.55 bits per heavy atom. The molecule has 1 aromatic carbocycles. The summed E-state index contributed by atoms with van der Waals surface area (Å²) in [6.07, 6.45) is 10.8. The number of ether oxygens (including phenoxy) is 1. The SMILES string of the molecule is CCCCCCCCCN1CC(CC)Oc2cc(N)ccc21. The molecule has 0 aliphatic carbocycles. The minimum absolute atomic E-state index is 0.291. The van der Waals surface area contributed by atoms with Gasteiger partial charge in [-0.1, -0.05) is 52.4 Å². The van der Waals surface area contributed by atoms with Gasteiger partial charge in [-0.25, -0.2) is 0 Å². The Balaban J connectivity index is 1.83. The van der Waals surface area contributed by atoms with Crippen molar-refractivity contribution in [1.29, 1.82) is 0 Å². The van der Waals surface area contributed by atoms with Gasteiger partial charge in [-0.2, -0.15) is 0 Å². The molecule has 0 aromatic heterocycles. The first kappa shape index (κ1) is 17.0. The zero-order valence-electron chi connectivity index (χ0n) is 14.3. The van der Waals surface area contributed by atoms with Crippen LogP contribution in [-0.4, -0.2) is 19.2 Å². The molecular weight excluding hydrogens is 272 g/mol. The van der Waals surface area contributed by atoms with Crippen LogP contribution in [0, 0.1) is 0 Å². The topological polar surface area (TPSA) is 38.5 Å². The minimum Gasteiger partial charge on any atom is -0.486 e. The third-order valence-electron chi connectivity index (χ3n) is 4.53.